The standard InChI is InChI=1S/C59H108O12/c1-4-7-10-13-16-19-22-24-25-26-27-29-31-33-36-39-42-45-51(60)67-48-50(69-52(61)46-43-40-37-35-32-28-23-20-17-14-11-8-5-2)49-68-59-57(55(64)54(63)56(71-59)58(65)66)70-53(62)47-44-41-38-34-30-21-18-15-12-9-6-3/h24-25,50,54-57,59,63-64H,4-23,26-49H2,1-3H3,(H,65,66)/b25-24-. The van der Waals surface area contributed by atoms with Crippen LogP contribution in [0, 0.1) is 0 Å². The molecule has 3 N–H and O–H groups in total. The van der Waals surface area contributed by atoms with Crippen LogP contribution in [0.4, 0.5) is 0 Å². The lowest BCUT2D eigenvalue weighted by Gasteiger charge is -2.40. The van der Waals surface area contributed by atoms with Crippen molar-refractivity contribution in [3.05, 3.63) is 12.2 Å². The SMILES string of the molecule is CCCCCCCC/C=C\CCCCCCCCCC(=O)OCC(COC1OC(C(=O)O)C(O)C(O)C1OC(=O)CCCCCCCCCCCCC)OC(=O)CCCCCCCCCCCCCCC. The second-order valence-electron chi connectivity index (χ2n) is 20.6. The summed E-state index contributed by atoms with van der Waals surface area (Å²) in [6.07, 6.45) is 40.4. The van der Waals surface area contributed by atoms with Crippen molar-refractivity contribution >= 4 is 23.9 Å². The van der Waals surface area contributed by atoms with E-state index in [4.69, 9.17) is 23.7 Å². The van der Waals surface area contributed by atoms with E-state index in [0.29, 0.717) is 19.3 Å². The monoisotopic (exact) mass is 1010 g/mol. The molecule has 0 aromatic heterocycles. The van der Waals surface area contributed by atoms with Gasteiger partial charge in [0.15, 0.2) is 24.6 Å². The zero-order chi connectivity index (χ0) is 51.8. The molecular weight excluding hydrogens is 901 g/mol. The van der Waals surface area contributed by atoms with E-state index in [0.717, 1.165) is 70.6 Å². The molecule has 0 spiro atoms. The van der Waals surface area contributed by atoms with Gasteiger partial charge in [-0.05, 0) is 44.9 Å². The zero-order valence-electron chi connectivity index (χ0n) is 45.7. The minimum atomic E-state index is -1.89. The number of carboxylic acid groups (broad SMARTS) is 1. The fraction of sp³-hybridized carbons (Fsp3) is 0.898. The van der Waals surface area contributed by atoms with Crippen LogP contribution >= 0.6 is 0 Å². The topological polar surface area (TPSA) is 175 Å². The minimum Gasteiger partial charge on any atom is -0.479 e. The van der Waals surface area contributed by atoms with E-state index in [2.05, 4.69) is 32.9 Å². The fourth-order valence-corrected chi connectivity index (χ4v) is 9.25. The maximum absolute atomic E-state index is 13.1. The largest absolute Gasteiger partial charge is 0.479 e. The number of aliphatic carboxylic acids is 1. The molecular formula is C59H108O12. The van der Waals surface area contributed by atoms with E-state index in [-0.39, 0.29) is 25.9 Å². The Morgan fingerprint density at radius 3 is 1.20 bits per heavy atom. The van der Waals surface area contributed by atoms with Gasteiger partial charge >= 0.3 is 23.9 Å². The van der Waals surface area contributed by atoms with Crippen molar-refractivity contribution in [2.75, 3.05) is 13.2 Å². The first-order valence-corrected chi connectivity index (χ1v) is 29.7. The lowest BCUT2D eigenvalue weighted by molar-refractivity contribution is -0.301. The molecule has 1 heterocycles. The zero-order valence-corrected chi connectivity index (χ0v) is 45.7. The summed E-state index contributed by atoms with van der Waals surface area (Å²) in [5.74, 6) is -3.09. The number of carbonyl (C=O) groups is 4. The van der Waals surface area contributed by atoms with Crippen LogP contribution in [-0.4, -0.2) is 89.2 Å². The molecule has 0 radical (unpaired) electrons. The maximum atomic E-state index is 13.1. The second kappa shape index (κ2) is 48.4. The third kappa shape index (κ3) is 38.7. The minimum absolute atomic E-state index is 0.0675. The average molecular weight is 1010 g/mol. The first kappa shape index (κ1) is 66.5. The molecule has 71 heavy (non-hydrogen) atoms. The van der Waals surface area contributed by atoms with Crippen molar-refractivity contribution in [3.8, 4) is 0 Å². The number of rotatable bonds is 51. The van der Waals surface area contributed by atoms with Crippen LogP contribution in [0.3, 0.4) is 0 Å². The molecule has 6 atom stereocenters. The van der Waals surface area contributed by atoms with Gasteiger partial charge in [-0.15, -0.1) is 0 Å². The number of allylic oxidation sites excluding steroid dienone is 2. The number of hydrogen-bond acceptors (Lipinski definition) is 11. The van der Waals surface area contributed by atoms with Crippen LogP contribution < -0.4 is 0 Å². The van der Waals surface area contributed by atoms with Gasteiger partial charge in [-0.25, -0.2) is 4.79 Å². The highest BCUT2D eigenvalue weighted by Crippen LogP contribution is 2.27. The quantitative estimate of drug-likeness (QED) is 0.0228. The predicted octanol–water partition coefficient (Wildman–Crippen LogP) is 14.9. The fourth-order valence-electron chi connectivity index (χ4n) is 9.25. The van der Waals surface area contributed by atoms with Gasteiger partial charge in [0.2, 0.25) is 0 Å². The lowest BCUT2D eigenvalue weighted by Crippen LogP contribution is -2.61. The van der Waals surface area contributed by atoms with E-state index >= 15 is 0 Å². The Morgan fingerprint density at radius 1 is 0.451 bits per heavy atom. The number of esters is 3. The summed E-state index contributed by atoms with van der Waals surface area (Å²) < 4.78 is 28.4. The second-order valence-corrected chi connectivity index (χ2v) is 20.6. The molecule has 0 aliphatic carbocycles. The average Bonchev–Trinajstić information content (AvgIpc) is 3.35. The molecule has 0 saturated carbocycles. The first-order valence-electron chi connectivity index (χ1n) is 29.7. The van der Waals surface area contributed by atoms with Gasteiger partial charge in [0.25, 0.3) is 0 Å². The highest BCUT2D eigenvalue weighted by Gasteiger charge is 2.50. The van der Waals surface area contributed by atoms with Gasteiger partial charge < -0.3 is 39.0 Å². The number of ether oxygens (including phenoxy) is 5. The number of aliphatic hydroxyl groups is 2. The molecule has 6 unspecified atom stereocenters. The molecule has 0 amide bonds. The number of hydrogen-bond donors (Lipinski definition) is 3. The molecule has 1 aliphatic heterocycles. The van der Waals surface area contributed by atoms with Gasteiger partial charge in [-0.2, -0.15) is 0 Å². The van der Waals surface area contributed by atoms with E-state index in [1.54, 1.807) is 0 Å². The lowest BCUT2D eigenvalue weighted by atomic mass is 9.98. The summed E-state index contributed by atoms with van der Waals surface area (Å²) in [7, 11) is 0. The van der Waals surface area contributed by atoms with E-state index in [1.807, 2.05) is 0 Å². The third-order valence-corrected chi connectivity index (χ3v) is 13.8. The molecule has 0 bridgehead atoms. The Bertz CT molecular complexity index is 1290. The first-order chi connectivity index (χ1) is 34.6. The number of unbranched alkanes of at least 4 members (excludes halogenated alkanes) is 35. The molecule has 12 heteroatoms. The molecule has 1 rings (SSSR count). The highest BCUT2D eigenvalue weighted by molar-refractivity contribution is 5.74. The van der Waals surface area contributed by atoms with Crippen LogP contribution in [-0.2, 0) is 42.9 Å². The Hall–Kier alpha value is -2.54. The Balaban J connectivity index is 2.67. The summed E-state index contributed by atoms with van der Waals surface area (Å²) in [4.78, 5) is 51.0. The Labute approximate surface area is 433 Å². The summed E-state index contributed by atoms with van der Waals surface area (Å²) in [6, 6.07) is 0. The normalized spacial score (nSPS) is 18.5. The molecule has 1 fully saturated rings. The van der Waals surface area contributed by atoms with Crippen LogP contribution in [0.5, 0.6) is 0 Å². The molecule has 1 aliphatic rings. The van der Waals surface area contributed by atoms with Crippen LogP contribution in [0.1, 0.15) is 290 Å². The van der Waals surface area contributed by atoms with Crippen LogP contribution in [0.2, 0.25) is 0 Å². The maximum Gasteiger partial charge on any atom is 0.335 e. The van der Waals surface area contributed by atoms with Gasteiger partial charge in [-0.3, -0.25) is 14.4 Å². The van der Waals surface area contributed by atoms with Crippen molar-refractivity contribution < 1.29 is 58.2 Å². The summed E-state index contributed by atoms with van der Waals surface area (Å²) in [5.41, 5.74) is 0. The summed E-state index contributed by atoms with van der Waals surface area (Å²) in [5, 5.41) is 31.4. The van der Waals surface area contributed by atoms with Crippen molar-refractivity contribution in [1.82, 2.24) is 0 Å². The molecule has 12 nitrogen and oxygen atoms in total. The van der Waals surface area contributed by atoms with Crippen molar-refractivity contribution in [2.24, 2.45) is 0 Å². The van der Waals surface area contributed by atoms with E-state index in [9.17, 15) is 34.5 Å². The van der Waals surface area contributed by atoms with Gasteiger partial charge in [0.1, 0.15) is 18.8 Å². The smallest absolute Gasteiger partial charge is 0.335 e. The van der Waals surface area contributed by atoms with Crippen molar-refractivity contribution in [1.29, 1.82) is 0 Å². The van der Waals surface area contributed by atoms with E-state index < -0.39 is 67.3 Å². The number of aliphatic hydroxyl groups excluding tert-OH is 2. The molecule has 0 aromatic rings. The number of carboxylic acids is 1. The third-order valence-electron chi connectivity index (χ3n) is 13.8. The van der Waals surface area contributed by atoms with Gasteiger partial charge in [0.05, 0.1) is 6.61 Å². The van der Waals surface area contributed by atoms with Crippen molar-refractivity contribution in [2.45, 2.75) is 327 Å². The Kier molecular flexibility index (Phi) is 45.3. The van der Waals surface area contributed by atoms with Crippen molar-refractivity contribution in [3.63, 3.8) is 0 Å². The summed E-state index contributed by atoms with van der Waals surface area (Å²) >= 11 is 0. The predicted molar refractivity (Wildman–Crippen MR) is 285 cm³/mol. The molecule has 416 valence electrons. The molecule has 1 saturated heterocycles. The van der Waals surface area contributed by atoms with Gasteiger partial charge in [0, 0.05) is 19.3 Å². The van der Waals surface area contributed by atoms with Gasteiger partial charge in [-0.1, -0.05) is 238 Å². The number of carbonyl (C=O) groups excluding carboxylic acids is 3. The van der Waals surface area contributed by atoms with E-state index in [1.165, 1.54) is 161 Å². The molecule has 0 aromatic carbocycles. The highest BCUT2D eigenvalue weighted by atomic mass is 16.7. The summed E-state index contributed by atoms with van der Waals surface area (Å²) in [6.45, 7) is 6.00. The Morgan fingerprint density at radius 2 is 0.803 bits per heavy atom. The van der Waals surface area contributed by atoms with Crippen LogP contribution in [0.25, 0.3) is 0 Å². The van der Waals surface area contributed by atoms with Crippen LogP contribution in [0.15, 0.2) is 12.2 Å².